The van der Waals surface area contributed by atoms with Gasteiger partial charge >= 0.3 is 0 Å². The van der Waals surface area contributed by atoms with E-state index in [-0.39, 0.29) is 16.6 Å². The van der Waals surface area contributed by atoms with Crippen molar-refractivity contribution in [1.29, 1.82) is 0 Å². The molecule has 166 valence electrons. The third-order valence-electron chi connectivity index (χ3n) is 6.14. The van der Waals surface area contributed by atoms with Crippen LogP contribution in [-0.2, 0) is 33.3 Å². The molecule has 0 aromatic heterocycles. The van der Waals surface area contributed by atoms with Gasteiger partial charge in [-0.2, -0.15) is 0 Å². The van der Waals surface area contributed by atoms with E-state index < -0.39 is 33.6 Å². The minimum absolute atomic E-state index is 0.133. The molecule has 4 bridgehead atoms. The van der Waals surface area contributed by atoms with Crippen molar-refractivity contribution in [2.75, 3.05) is 21.3 Å². The smallest absolute Gasteiger partial charge is 0.225 e. The van der Waals surface area contributed by atoms with Gasteiger partial charge in [-0.1, -0.05) is 11.6 Å². The first kappa shape index (κ1) is 23.4. The molecule has 0 N–H and O–H groups in total. The fourth-order valence-corrected chi connectivity index (χ4v) is 5.48. The Labute approximate surface area is 185 Å². The van der Waals surface area contributed by atoms with Crippen LogP contribution < -0.4 is 0 Å². The second-order valence-corrected chi connectivity index (χ2v) is 9.09. The third kappa shape index (κ3) is 2.94. The molecule has 9 heteroatoms. The molecule has 5 atom stereocenters. The summed E-state index contributed by atoms with van der Waals surface area (Å²) in [5.74, 6) is -1.39. The average molecular weight is 461 g/mol. The molecule has 0 radical (unpaired) electrons. The van der Waals surface area contributed by atoms with Gasteiger partial charge in [-0.3, -0.25) is 9.59 Å². The summed E-state index contributed by atoms with van der Waals surface area (Å²) in [6, 6.07) is 0. The van der Waals surface area contributed by atoms with Crippen LogP contribution in [0.5, 0.6) is 0 Å². The number of hydrogen-bond donors (Lipinski definition) is 0. The van der Waals surface area contributed by atoms with E-state index in [0.717, 1.165) is 0 Å². The lowest BCUT2D eigenvalue weighted by molar-refractivity contribution is -0.313. The fourth-order valence-electron chi connectivity index (χ4n) is 4.42. The third-order valence-corrected chi connectivity index (χ3v) is 6.97. The van der Waals surface area contributed by atoms with Crippen molar-refractivity contribution in [2.45, 2.75) is 61.3 Å². The maximum absolute atomic E-state index is 12.1. The number of Topliss-reactive ketones (excluding diaryl/α,β-unsaturated/α-hetero) is 2. The maximum atomic E-state index is 12.1. The topological polar surface area (TPSA) is 80.3 Å². The van der Waals surface area contributed by atoms with Crippen LogP contribution in [0.4, 0.5) is 0 Å². The first-order valence-corrected chi connectivity index (χ1v) is 10.2. The van der Waals surface area contributed by atoms with Gasteiger partial charge < -0.3 is 23.7 Å². The average Bonchev–Trinajstić information content (AvgIpc) is 3.16. The van der Waals surface area contributed by atoms with Crippen molar-refractivity contribution in [3.8, 4) is 0 Å². The van der Waals surface area contributed by atoms with Gasteiger partial charge in [-0.15, -0.1) is 11.6 Å². The minimum Gasteiger partial charge on any atom is -0.496 e. The first-order chi connectivity index (χ1) is 13.8. The number of halogens is 2. The summed E-state index contributed by atoms with van der Waals surface area (Å²) < 4.78 is 27.2. The van der Waals surface area contributed by atoms with Gasteiger partial charge in [-0.25, -0.2) is 0 Å². The van der Waals surface area contributed by atoms with E-state index >= 15 is 0 Å². The molecule has 4 aliphatic heterocycles. The number of carbonyl (C=O) groups is 2. The van der Waals surface area contributed by atoms with E-state index in [0.29, 0.717) is 5.76 Å². The highest BCUT2D eigenvalue weighted by molar-refractivity contribution is 6.44. The summed E-state index contributed by atoms with van der Waals surface area (Å²) in [4.78, 5) is 23.9. The first-order valence-electron chi connectivity index (χ1n) is 9.37. The zero-order valence-electron chi connectivity index (χ0n) is 18.0. The molecule has 0 aliphatic carbocycles. The molecule has 4 aliphatic rings. The molecule has 30 heavy (non-hydrogen) atoms. The lowest BCUT2D eigenvalue weighted by Gasteiger charge is -2.50. The normalized spacial score (nSPS) is 43.0. The van der Waals surface area contributed by atoms with E-state index in [1.54, 1.807) is 45.1 Å². The van der Waals surface area contributed by atoms with E-state index in [9.17, 15) is 9.59 Å². The molecule has 0 amide bonds. The van der Waals surface area contributed by atoms with E-state index in [2.05, 4.69) is 0 Å². The van der Waals surface area contributed by atoms with Gasteiger partial charge in [0.1, 0.15) is 27.4 Å². The van der Waals surface area contributed by atoms with E-state index in [1.807, 2.05) is 6.92 Å². The number of methoxy groups -OCH3 is 3. The molecule has 0 aromatic rings. The van der Waals surface area contributed by atoms with Crippen molar-refractivity contribution in [3.05, 3.63) is 35.1 Å². The molecular formula is C21H26Cl2O7. The fraction of sp³-hybridized carbons (Fsp3) is 0.619. The van der Waals surface area contributed by atoms with E-state index in [1.165, 1.54) is 21.3 Å². The molecule has 4 heterocycles. The summed E-state index contributed by atoms with van der Waals surface area (Å²) in [7, 11) is 4.39. The maximum Gasteiger partial charge on any atom is 0.225 e. The Bertz CT molecular complexity index is 877. The Morgan fingerprint density at radius 1 is 0.867 bits per heavy atom. The summed E-state index contributed by atoms with van der Waals surface area (Å²) in [6.07, 6.45) is 7.02. The number of carbonyl (C=O) groups excluding carboxylic acids is 2. The Kier molecular flexibility index (Phi) is 5.59. The zero-order chi connectivity index (χ0) is 22.8. The van der Waals surface area contributed by atoms with Crippen LogP contribution in [0.2, 0.25) is 0 Å². The molecule has 0 aromatic carbocycles. The summed E-state index contributed by atoms with van der Waals surface area (Å²) >= 11 is 12.1. The minimum atomic E-state index is -1.28. The van der Waals surface area contributed by atoms with Crippen molar-refractivity contribution < 1.29 is 33.3 Å². The van der Waals surface area contributed by atoms with Gasteiger partial charge in [0.05, 0.1) is 7.11 Å². The molecule has 4 rings (SSSR count). The second-order valence-electron chi connectivity index (χ2n) is 8.28. The predicted octanol–water partition coefficient (Wildman–Crippen LogP) is 3.04. The number of alkyl halides is 1. The Morgan fingerprint density at radius 3 is 1.93 bits per heavy atom. The molecule has 5 unspecified atom stereocenters. The lowest BCUT2D eigenvalue weighted by Crippen LogP contribution is -2.69. The highest BCUT2D eigenvalue weighted by Gasteiger charge is 2.68. The highest BCUT2D eigenvalue weighted by atomic mass is 35.5. The monoisotopic (exact) mass is 460 g/mol. The second kappa shape index (κ2) is 7.15. The Morgan fingerprint density at radius 2 is 1.40 bits per heavy atom. The van der Waals surface area contributed by atoms with Gasteiger partial charge in [0.15, 0.2) is 16.9 Å². The quantitative estimate of drug-likeness (QED) is 0.363. The van der Waals surface area contributed by atoms with Crippen LogP contribution in [0, 0.1) is 0 Å². The lowest BCUT2D eigenvalue weighted by atomic mass is 9.85. The molecule has 1 fully saturated rings. The van der Waals surface area contributed by atoms with Crippen LogP contribution in [0.25, 0.3) is 0 Å². The summed E-state index contributed by atoms with van der Waals surface area (Å²) in [6.45, 7) is 7.01. The number of hydrogen-bond acceptors (Lipinski definition) is 7. The summed E-state index contributed by atoms with van der Waals surface area (Å²) in [5, 5.41) is -0.769. The van der Waals surface area contributed by atoms with Gasteiger partial charge in [0.2, 0.25) is 11.6 Å². The molecular weight excluding hydrogens is 435 g/mol. The van der Waals surface area contributed by atoms with Crippen LogP contribution in [0.1, 0.15) is 27.7 Å². The van der Waals surface area contributed by atoms with Crippen molar-refractivity contribution in [3.63, 3.8) is 0 Å². The van der Waals surface area contributed by atoms with Gasteiger partial charge in [0.25, 0.3) is 0 Å². The Hall–Kier alpha value is -1.22. The van der Waals surface area contributed by atoms with Gasteiger partial charge in [0, 0.05) is 14.2 Å². The van der Waals surface area contributed by atoms with E-state index in [4.69, 9.17) is 46.9 Å². The SMILES string of the molecule is COC1(OC)C(Cl)C(=O)C2(C)C=CC1(C)O2.COC1=C(Cl)C(=O)C2(C)C=CC1(C)O2. The van der Waals surface area contributed by atoms with Crippen LogP contribution >= 0.6 is 23.2 Å². The zero-order valence-corrected chi connectivity index (χ0v) is 19.5. The van der Waals surface area contributed by atoms with Gasteiger partial charge in [-0.05, 0) is 52.0 Å². The largest absolute Gasteiger partial charge is 0.496 e. The predicted molar refractivity (Wildman–Crippen MR) is 110 cm³/mol. The van der Waals surface area contributed by atoms with Crippen molar-refractivity contribution in [1.82, 2.24) is 0 Å². The summed E-state index contributed by atoms with van der Waals surface area (Å²) in [5.41, 5.74) is -3.45. The number of ether oxygens (including phenoxy) is 5. The molecule has 1 saturated heterocycles. The molecule has 7 nitrogen and oxygen atoms in total. The standard InChI is InChI=1S/C11H15ClO4.C10H11ClO3/c1-9-5-6-10(2,16-9)11(14-3,15-4)7(12)8(9)13;1-9-4-5-10(2,14-9)8(13-3)6(11)7(9)12/h5-7H,1-4H3;4-5H,1-3H3. The highest BCUT2D eigenvalue weighted by Crippen LogP contribution is 2.50. The number of fused-ring (bicyclic) bond motifs is 4. The molecule has 0 saturated carbocycles. The van der Waals surface area contributed by atoms with Crippen LogP contribution in [-0.4, -0.2) is 66.5 Å². The van der Waals surface area contributed by atoms with Crippen LogP contribution in [0.3, 0.4) is 0 Å². The van der Waals surface area contributed by atoms with Crippen LogP contribution in [0.15, 0.2) is 35.1 Å². The van der Waals surface area contributed by atoms with Crippen molar-refractivity contribution >= 4 is 34.8 Å². The number of ketones is 2. The van der Waals surface area contributed by atoms with Crippen molar-refractivity contribution in [2.24, 2.45) is 0 Å². The number of rotatable bonds is 3. The Balaban J connectivity index is 0.000000172. The molecule has 0 spiro atoms.